The number of fused-ring (bicyclic) bond motifs is 1. The van der Waals surface area contributed by atoms with Gasteiger partial charge in [0.25, 0.3) is 5.91 Å². The summed E-state index contributed by atoms with van der Waals surface area (Å²) in [5.41, 5.74) is 0.457. The van der Waals surface area contributed by atoms with E-state index < -0.39 is 0 Å². The van der Waals surface area contributed by atoms with Gasteiger partial charge in [-0.1, -0.05) is 17.7 Å². The van der Waals surface area contributed by atoms with E-state index >= 15 is 0 Å². The third-order valence-electron chi connectivity index (χ3n) is 4.03. The van der Waals surface area contributed by atoms with Crippen LogP contribution in [-0.4, -0.2) is 52.9 Å². The highest BCUT2D eigenvalue weighted by Gasteiger charge is 2.31. The Morgan fingerprint density at radius 1 is 1.26 bits per heavy atom. The first kappa shape index (κ1) is 12.9. The fourth-order valence-electron chi connectivity index (χ4n) is 3.08. The maximum atomic E-state index is 12.5. The van der Waals surface area contributed by atoms with E-state index in [0.717, 1.165) is 26.1 Å². The first-order chi connectivity index (χ1) is 9.24. The summed E-state index contributed by atoms with van der Waals surface area (Å²) < 4.78 is 0. The number of nitrogens with zero attached hydrogens (tertiary/aromatic N) is 3. The summed E-state index contributed by atoms with van der Waals surface area (Å²) in [7, 11) is 0. The third-order valence-corrected chi connectivity index (χ3v) is 4.24. The molecule has 0 aliphatic carbocycles. The minimum Gasteiger partial charge on any atom is -0.336 e. The van der Waals surface area contributed by atoms with Crippen molar-refractivity contribution in [2.75, 3.05) is 26.2 Å². The molecule has 0 radical (unpaired) electrons. The van der Waals surface area contributed by atoms with E-state index in [9.17, 15) is 4.79 Å². The smallest absolute Gasteiger partial charge is 0.272 e. The van der Waals surface area contributed by atoms with Crippen molar-refractivity contribution in [1.82, 2.24) is 14.8 Å². The molecule has 1 aromatic rings. The zero-order valence-corrected chi connectivity index (χ0v) is 11.6. The van der Waals surface area contributed by atoms with E-state index in [-0.39, 0.29) is 5.91 Å². The van der Waals surface area contributed by atoms with Crippen LogP contribution in [0.4, 0.5) is 0 Å². The van der Waals surface area contributed by atoms with Gasteiger partial charge in [0.1, 0.15) is 10.8 Å². The Balaban J connectivity index is 1.75. The van der Waals surface area contributed by atoms with Crippen molar-refractivity contribution in [3.63, 3.8) is 0 Å². The summed E-state index contributed by atoms with van der Waals surface area (Å²) in [4.78, 5) is 21.1. The lowest BCUT2D eigenvalue weighted by Gasteiger charge is -2.25. The topological polar surface area (TPSA) is 36.4 Å². The molecule has 2 aliphatic heterocycles. The number of aromatic nitrogens is 1. The molecule has 0 aromatic carbocycles. The second kappa shape index (κ2) is 5.47. The Labute approximate surface area is 118 Å². The van der Waals surface area contributed by atoms with E-state index in [1.807, 2.05) is 4.90 Å². The summed E-state index contributed by atoms with van der Waals surface area (Å²) in [5.74, 6) is 0.0104. The number of hydrogen-bond acceptors (Lipinski definition) is 3. The third kappa shape index (κ3) is 2.74. The van der Waals surface area contributed by atoms with Gasteiger partial charge in [-0.15, -0.1) is 0 Å². The molecular formula is C14H18ClN3O. The maximum absolute atomic E-state index is 12.5. The number of carbonyl (C=O) groups excluding carboxylic acids is 1. The predicted molar refractivity (Wildman–Crippen MR) is 74.4 cm³/mol. The Hall–Kier alpha value is -1.13. The molecule has 1 amide bonds. The second-order valence-corrected chi connectivity index (χ2v) is 5.67. The number of amides is 1. The van der Waals surface area contributed by atoms with Crippen molar-refractivity contribution in [2.45, 2.75) is 25.3 Å². The van der Waals surface area contributed by atoms with Gasteiger partial charge < -0.3 is 4.90 Å². The van der Waals surface area contributed by atoms with Gasteiger partial charge in [0, 0.05) is 25.7 Å². The maximum Gasteiger partial charge on any atom is 0.272 e. The van der Waals surface area contributed by atoms with Gasteiger partial charge in [0.15, 0.2) is 0 Å². The van der Waals surface area contributed by atoms with Gasteiger partial charge in [0.05, 0.1) is 0 Å². The van der Waals surface area contributed by atoms with Crippen molar-refractivity contribution in [3.8, 4) is 0 Å². The highest BCUT2D eigenvalue weighted by atomic mass is 35.5. The van der Waals surface area contributed by atoms with Crippen LogP contribution in [0, 0.1) is 0 Å². The van der Waals surface area contributed by atoms with Gasteiger partial charge in [-0.05, 0) is 37.9 Å². The van der Waals surface area contributed by atoms with Crippen LogP contribution in [0.25, 0.3) is 0 Å². The molecule has 1 unspecified atom stereocenters. The lowest BCUT2D eigenvalue weighted by molar-refractivity contribution is 0.0737. The molecule has 5 heteroatoms. The van der Waals surface area contributed by atoms with E-state index in [1.165, 1.54) is 19.4 Å². The van der Waals surface area contributed by atoms with Crippen molar-refractivity contribution in [1.29, 1.82) is 0 Å². The number of hydrogen-bond donors (Lipinski definition) is 0. The highest BCUT2D eigenvalue weighted by Crippen LogP contribution is 2.22. The van der Waals surface area contributed by atoms with Crippen molar-refractivity contribution < 1.29 is 4.79 Å². The molecule has 0 bridgehead atoms. The SMILES string of the molecule is O=C(c1cccc(Cl)n1)N1CCCN2CCCC2C1. The zero-order chi connectivity index (χ0) is 13.2. The molecule has 2 saturated heterocycles. The predicted octanol–water partition coefficient (Wildman–Crippen LogP) is 2.05. The Morgan fingerprint density at radius 3 is 2.95 bits per heavy atom. The molecule has 19 heavy (non-hydrogen) atoms. The number of pyridine rings is 1. The molecule has 1 atom stereocenters. The van der Waals surface area contributed by atoms with Gasteiger partial charge in [-0.3, -0.25) is 9.69 Å². The van der Waals surface area contributed by atoms with E-state index in [1.54, 1.807) is 18.2 Å². The summed E-state index contributed by atoms with van der Waals surface area (Å²) >= 11 is 5.86. The first-order valence-electron chi connectivity index (χ1n) is 6.90. The van der Waals surface area contributed by atoms with Crippen LogP contribution < -0.4 is 0 Å². The zero-order valence-electron chi connectivity index (χ0n) is 10.9. The average molecular weight is 280 g/mol. The fraction of sp³-hybridized carbons (Fsp3) is 0.571. The van der Waals surface area contributed by atoms with Crippen LogP contribution in [0.2, 0.25) is 5.15 Å². The van der Waals surface area contributed by atoms with Crippen molar-refractivity contribution >= 4 is 17.5 Å². The summed E-state index contributed by atoms with van der Waals surface area (Å²) in [6, 6.07) is 5.75. The quantitative estimate of drug-likeness (QED) is 0.738. The van der Waals surface area contributed by atoms with E-state index in [4.69, 9.17) is 11.6 Å². The Kier molecular flexibility index (Phi) is 3.71. The van der Waals surface area contributed by atoms with Gasteiger partial charge in [-0.25, -0.2) is 4.98 Å². The minimum absolute atomic E-state index is 0.0104. The summed E-state index contributed by atoms with van der Waals surface area (Å²) in [6.45, 7) is 3.94. The standard InChI is InChI=1S/C14H18ClN3O/c15-13-6-1-5-12(16-13)14(19)18-9-3-8-17-7-2-4-11(17)10-18/h1,5-6,11H,2-4,7-10H2. The van der Waals surface area contributed by atoms with Crippen LogP contribution in [0.15, 0.2) is 18.2 Å². The van der Waals surface area contributed by atoms with Crippen molar-refractivity contribution in [2.24, 2.45) is 0 Å². The van der Waals surface area contributed by atoms with Crippen LogP contribution in [0.3, 0.4) is 0 Å². The molecule has 3 rings (SSSR count). The fourth-order valence-corrected chi connectivity index (χ4v) is 3.24. The van der Waals surface area contributed by atoms with Crippen molar-refractivity contribution in [3.05, 3.63) is 29.0 Å². The van der Waals surface area contributed by atoms with Gasteiger partial charge in [0.2, 0.25) is 0 Å². The second-order valence-electron chi connectivity index (χ2n) is 5.28. The van der Waals surface area contributed by atoms with Gasteiger partial charge in [-0.2, -0.15) is 0 Å². The van der Waals surface area contributed by atoms with Crippen LogP contribution in [0.1, 0.15) is 29.8 Å². The molecule has 0 spiro atoms. The molecule has 1 aromatic heterocycles. The molecule has 0 N–H and O–H groups in total. The van der Waals surface area contributed by atoms with Crippen LogP contribution >= 0.6 is 11.6 Å². The molecular weight excluding hydrogens is 262 g/mol. The lowest BCUT2D eigenvalue weighted by atomic mass is 10.2. The van der Waals surface area contributed by atoms with E-state index in [0.29, 0.717) is 16.9 Å². The van der Waals surface area contributed by atoms with E-state index in [2.05, 4.69) is 9.88 Å². The number of halogens is 1. The first-order valence-corrected chi connectivity index (χ1v) is 7.28. The molecule has 2 fully saturated rings. The Bertz CT molecular complexity index is 480. The number of rotatable bonds is 1. The van der Waals surface area contributed by atoms with Crippen LogP contribution in [0.5, 0.6) is 0 Å². The average Bonchev–Trinajstić information content (AvgIpc) is 2.75. The molecule has 0 saturated carbocycles. The molecule has 3 heterocycles. The Morgan fingerprint density at radius 2 is 2.11 bits per heavy atom. The largest absolute Gasteiger partial charge is 0.336 e. The molecule has 2 aliphatic rings. The summed E-state index contributed by atoms with van der Waals surface area (Å²) in [6.07, 6.45) is 3.50. The monoisotopic (exact) mass is 279 g/mol. The minimum atomic E-state index is 0.0104. The van der Waals surface area contributed by atoms with Gasteiger partial charge >= 0.3 is 0 Å². The highest BCUT2D eigenvalue weighted by molar-refractivity contribution is 6.29. The molecule has 102 valence electrons. The lowest BCUT2D eigenvalue weighted by Crippen LogP contribution is -2.39. The van der Waals surface area contributed by atoms with Crippen LogP contribution in [-0.2, 0) is 0 Å². The number of carbonyl (C=O) groups is 1. The molecule has 4 nitrogen and oxygen atoms in total. The summed E-state index contributed by atoms with van der Waals surface area (Å²) in [5, 5.41) is 0.378. The normalized spacial score (nSPS) is 24.1.